The Balaban J connectivity index is 1.64. The summed E-state index contributed by atoms with van der Waals surface area (Å²) in [6.45, 7) is 3.67. The third-order valence-corrected chi connectivity index (χ3v) is 5.35. The monoisotopic (exact) mass is 332 g/mol. The number of urea groups is 1. The van der Waals surface area contributed by atoms with E-state index in [-0.39, 0.29) is 6.03 Å². The molecule has 132 valence electrons. The molecule has 1 N–H and O–H groups in total. The van der Waals surface area contributed by atoms with Crippen LogP contribution in [0.25, 0.3) is 0 Å². The van der Waals surface area contributed by atoms with E-state index < -0.39 is 0 Å². The van der Waals surface area contributed by atoms with Crippen LogP contribution in [0.15, 0.2) is 12.1 Å². The van der Waals surface area contributed by atoms with E-state index in [0.29, 0.717) is 12.6 Å². The summed E-state index contributed by atoms with van der Waals surface area (Å²) in [7, 11) is 3.29. The molecule has 1 aromatic rings. The first-order valence-electron chi connectivity index (χ1n) is 8.90. The van der Waals surface area contributed by atoms with Gasteiger partial charge in [0.05, 0.1) is 14.2 Å². The van der Waals surface area contributed by atoms with Gasteiger partial charge >= 0.3 is 6.03 Å². The number of ether oxygens (including phenoxy) is 2. The topological polar surface area (TPSA) is 50.8 Å². The van der Waals surface area contributed by atoms with Gasteiger partial charge in [-0.2, -0.15) is 0 Å². The smallest absolute Gasteiger partial charge is 0.317 e. The van der Waals surface area contributed by atoms with Crippen LogP contribution in [0, 0.1) is 5.92 Å². The molecule has 5 nitrogen and oxygen atoms in total. The number of nitrogens with one attached hydrogen (secondary N) is 1. The third kappa shape index (κ3) is 3.60. The summed E-state index contributed by atoms with van der Waals surface area (Å²) in [5.74, 6) is 2.27. The van der Waals surface area contributed by atoms with Crippen molar-refractivity contribution in [2.24, 2.45) is 5.92 Å². The average molecular weight is 332 g/mol. The fourth-order valence-corrected chi connectivity index (χ4v) is 3.73. The van der Waals surface area contributed by atoms with Crippen LogP contribution in [0.1, 0.15) is 43.7 Å². The average Bonchev–Trinajstić information content (AvgIpc) is 2.61. The van der Waals surface area contributed by atoms with E-state index in [1.54, 1.807) is 14.2 Å². The van der Waals surface area contributed by atoms with Gasteiger partial charge in [-0.05, 0) is 61.3 Å². The van der Waals surface area contributed by atoms with Crippen LogP contribution in [0.2, 0.25) is 0 Å². The second-order valence-corrected chi connectivity index (χ2v) is 7.05. The number of hydrogen-bond donors (Lipinski definition) is 1. The Bertz CT molecular complexity index is 595. The normalized spacial score (nSPS) is 23.4. The van der Waals surface area contributed by atoms with Crippen molar-refractivity contribution in [2.75, 3.05) is 20.8 Å². The Labute approximate surface area is 144 Å². The van der Waals surface area contributed by atoms with Crippen LogP contribution in [0.5, 0.6) is 11.5 Å². The number of fused-ring (bicyclic) bond motifs is 1. The number of carbonyl (C=O) groups is 1. The van der Waals surface area contributed by atoms with Crippen LogP contribution < -0.4 is 14.8 Å². The van der Waals surface area contributed by atoms with Crippen LogP contribution in [0.4, 0.5) is 4.79 Å². The molecule has 0 spiro atoms. The van der Waals surface area contributed by atoms with Gasteiger partial charge in [0.2, 0.25) is 0 Å². The number of nitrogens with zero attached hydrogens (tertiary/aromatic N) is 1. The standard InChI is InChI=1S/C19H28N2O3/c1-13-4-6-16(7-5-13)20-19(22)21-9-8-14-10-17(23-2)18(24-3)11-15(14)12-21/h10-11,13,16H,4-9,12H2,1-3H3,(H,20,22). The van der Waals surface area contributed by atoms with Crippen molar-refractivity contribution in [1.82, 2.24) is 10.2 Å². The van der Waals surface area contributed by atoms with Crippen molar-refractivity contribution in [3.8, 4) is 11.5 Å². The highest BCUT2D eigenvalue weighted by atomic mass is 16.5. The summed E-state index contributed by atoms with van der Waals surface area (Å²) in [6, 6.07) is 4.43. The molecule has 0 radical (unpaired) electrons. The van der Waals surface area contributed by atoms with Gasteiger partial charge in [-0.3, -0.25) is 0 Å². The number of amides is 2. The van der Waals surface area contributed by atoms with Gasteiger partial charge in [0.1, 0.15) is 0 Å². The summed E-state index contributed by atoms with van der Waals surface area (Å²) in [6.07, 6.45) is 5.48. The molecule has 0 atom stereocenters. The molecule has 0 bridgehead atoms. The number of methoxy groups -OCH3 is 2. The Morgan fingerprint density at radius 2 is 1.71 bits per heavy atom. The van der Waals surface area contributed by atoms with E-state index in [1.807, 2.05) is 17.0 Å². The molecule has 0 unspecified atom stereocenters. The molecule has 1 fully saturated rings. The molecule has 2 aliphatic rings. The van der Waals surface area contributed by atoms with Crippen LogP contribution in [-0.4, -0.2) is 37.7 Å². The van der Waals surface area contributed by atoms with Gasteiger partial charge < -0.3 is 19.7 Å². The highest BCUT2D eigenvalue weighted by Crippen LogP contribution is 2.33. The van der Waals surface area contributed by atoms with E-state index in [1.165, 1.54) is 18.4 Å². The van der Waals surface area contributed by atoms with E-state index >= 15 is 0 Å². The molecule has 1 aliphatic heterocycles. The molecule has 0 aromatic heterocycles. The zero-order chi connectivity index (χ0) is 17.1. The Morgan fingerprint density at radius 1 is 1.08 bits per heavy atom. The van der Waals surface area contributed by atoms with Crippen molar-refractivity contribution in [3.05, 3.63) is 23.3 Å². The molecule has 1 aromatic carbocycles. The maximum Gasteiger partial charge on any atom is 0.317 e. The lowest BCUT2D eigenvalue weighted by Crippen LogP contribution is -2.47. The molecule has 1 saturated carbocycles. The summed E-state index contributed by atoms with van der Waals surface area (Å²) < 4.78 is 10.8. The quantitative estimate of drug-likeness (QED) is 0.923. The van der Waals surface area contributed by atoms with Gasteiger partial charge in [0, 0.05) is 19.1 Å². The van der Waals surface area contributed by atoms with Crippen molar-refractivity contribution in [3.63, 3.8) is 0 Å². The van der Waals surface area contributed by atoms with Crippen molar-refractivity contribution >= 4 is 6.03 Å². The molecule has 5 heteroatoms. The second-order valence-electron chi connectivity index (χ2n) is 7.05. The van der Waals surface area contributed by atoms with Gasteiger partial charge in [-0.15, -0.1) is 0 Å². The lowest BCUT2D eigenvalue weighted by atomic mass is 9.87. The second kappa shape index (κ2) is 7.32. The predicted octanol–water partition coefficient (Wildman–Crippen LogP) is 3.35. The lowest BCUT2D eigenvalue weighted by Gasteiger charge is -2.33. The lowest BCUT2D eigenvalue weighted by molar-refractivity contribution is 0.182. The van der Waals surface area contributed by atoms with E-state index in [4.69, 9.17) is 9.47 Å². The molecular weight excluding hydrogens is 304 g/mol. The summed E-state index contributed by atoms with van der Waals surface area (Å²) in [5.41, 5.74) is 2.38. The highest BCUT2D eigenvalue weighted by molar-refractivity contribution is 5.75. The largest absolute Gasteiger partial charge is 0.493 e. The van der Waals surface area contributed by atoms with Gasteiger partial charge in [0.15, 0.2) is 11.5 Å². The minimum absolute atomic E-state index is 0.0648. The number of carbonyl (C=O) groups excluding carboxylic acids is 1. The molecule has 1 aliphatic carbocycles. The van der Waals surface area contributed by atoms with Crippen LogP contribution >= 0.6 is 0 Å². The van der Waals surface area contributed by atoms with Gasteiger partial charge in [-0.25, -0.2) is 4.79 Å². The number of hydrogen-bond acceptors (Lipinski definition) is 3. The first-order valence-corrected chi connectivity index (χ1v) is 8.90. The fourth-order valence-electron chi connectivity index (χ4n) is 3.73. The predicted molar refractivity (Wildman–Crippen MR) is 93.6 cm³/mol. The Morgan fingerprint density at radius 3 is 2.33 bits per heavy atom. The zero-order valence-electron chi connectivity index (χ0n) is 14.9. The van der Waals surface area contributed by atoms with Gasteiger partial charge in [-0.1, -0.05) is 6.92 Å². The van der Waals surface area contributed by atoms with Crippen molar-refractivity contribution < 1.29 is 14.3 Å². The summed E-state index contributed by atoms with van der Waals surface area (Å²) in [4.78, 5) is 14.5. The molecule has 0 saturated heterocycles. The number of rotatable bonds is 3. The minimum Gasteiger partial charge on any atom is -0.493 e. The van der Waals surface area contributed by atoms with Gasteiger partial charge in [0.25, 0.3) is 0 Å². The highest BCUT2D eigenvalue weighted by Gasteiger charge is 2.26. The van der Waals surface area contributed by atoms with Crippen LogP contribution in [-0.2, 0) is 13.0 Å². The summed E-state index contributed by atoms with van der Waals surface area (Å²) in [5, 5.41) is 3.22. The molecule has 24 heavy (non-hydrogen) atoms. The molecule has 1 heterocycles. The number of benzene rings is 1. The van der Waals surface area contributed by atoms with Crippen molar-refractivity contribution in [2.45, 2.75) is 51.6 Å². The Kier molecular flexibility index (Phi) is 5.17. The SMILES string of the molecule is COc1cc2c(cc1OC)CN(C(=O)NC1CCC(C)CC1)CC2. The molecule has 3 rings (SSSR count). The minimum atomic E-state index is 0.0648. The first-order chi connectivity index (χ1) is 11.6. The van der Waals surface area contributed by atoms with E-state index in [2.05, 4.69) is 12.2 Å². The maximum absolute atomic E-state index is 12.6. The molecular formula is C19H28N2O3. The zero-order valence-corrected chi connectivity index (χ0v) is 14.9. The van der Waals surface area contributed by atoms with Crippen molar-refractivity contribution in [1.29, 1.82) is 0 Å². The molecule has 2 amide bonds. The maximum atomic E-state index is 12.6. The summed E-state index contributed by atoms with van der Waals surface area (Å²) >= 11 is 0. The van der Waals surface area contributed by atoms with E-state index in [9.17, 15) is 4.79 Å². The third-order valence-electron chi connectivity index (χ3n) is 5.35. The van der Waals surface area contributed by atoms with E-state index in [0.717, 1.165) is 48.8 Å². The fraction of sp³-hybridized carbons (Fsp3) is 0.632. The first kappa shape index (κ1) is 16.9. The Hall–Kier alpha value is -1.91. The van der Waals surface area contributed by atoms with Crippen LogP contribution in [0.3, 0.4) is 0 Å².